The van der Waals surface area contributed by atoms with Gasteiger partial charge in [-0.15, -0.1) is 10.2 Å². The molecule has 3 aromatic rings. The molecule has 0 aliphatic heterocycles. The quantitative estimate of drug-likeness (QED) is 0.724. The normalized spacial score (nSPS) is 10.6. The standard InChI is InChI=1S/C13H10N4S2/c1-8-3-4-9(2)17(8)13-16-15-12(19-13)11-7-18-6-10(11)5-14/h3-4,6-7H,1-2H3. The number of aryl methyl sites for hydroxylation is 2. The van der Waals surface area contributed by atoms with Gasteiger partial charge in [-0.1, -0.05) is 11.3 Å². The third-order valence-corrected chi connectivity index (χ3v) is 4.57. The zero-order chi connectivity index (χ0) is 13.4. The molecule has 0 aliphatic rings. The van der Waals surface area contributed by atoms with Crippen LogP contribution in [-0.4, -0.2) is 14.8 Å². The Morgan fingerprint density at radius 1 is 1.16 bits per heavy atom. The van der Waals surface area contributed by atoms with Crippen LogP contribution in [0.25, 0.3) is 15.7 Å². The fourth-order valence-electron chi connectivity index (χ4n) is 1.93. The summed E-state index contributed by atoms with van der Waals surface area (Å²) in [4.78, 5) is 0. The van der Waals surface area contributed by atoms with Gasteiger partial charge in [0.2, 0.25) is 5.13 Å². The minimum atomic E-state index is 0.661. The first-order chi connectivity index (χ1) is 9.20. The van der Waals surface area contributed by atoms with Crippen molar-refractivity contribution in [2.24, 2.45) is 0 Å². The second kappa shape index (κ2) is 4.61. The summed E-state index contributed by atoms with van der Waals surface area (Å²) < 4.78 is 2.07. The Hall–Kier alpha value is -1.97. The van der Waals surface area contributed by atoms with Crippen molar-refractivity contribution in [3.05, 3.63) is 39.8 Å². The highest BCUT2D eigenvalue weighted by atomic mass is 32.1. The van der Waals surface area contributed by atoms with Crippen LogP contribution in [0.3, 0.4) is 0 Å². The second-order valence-corrected chi connectivity index (χ2v) is 5.85. The second-order valence-electron chi connectivity index (χ2n) is 4.15. The summed E-state index contributed by atoms with van der Waals surface area (Å²) >= 11 is 3.01. The number of hydrogen-bond donors (Lipinski definition) is 0. The Balaban J connectivity index is 2.08. The fourth-order valence-corrected chi connectivity index (χ4v) is 3.76. The highest BCUT2D eigenvalue weighted by molar-refractivity contribution is 7.17. The zero-order valence-corrected chi connectivity index (χ0v) is 12.0. The lowest BCUT2D eigenvalue weighted by Gasteiger charge is -2.02. The fraction of sp³-hybridized carbons (Fsp3) is 0.154. The number of hydrogen-bond acceptors (Lipinski definition) is 5. The van der Waals surface area contributed by atoms with E-state index in [1.165, 1.54) is 22.7 Å². The molecular weight excluding hydrogens is 276 g/mol. The van der Waals surface area contributed by atoms with Gasteiger partial charge in [-0.3, -0.25) is 4.57 Å². The number of rotatable bonds is 2. The number of nitrogens with zero attached hydrogens (tertiary/aromatic N) is 4. The van der Waals surface area contributed by atoms with Crippen LogP contribution in [-0.2, 0) is 0 Å². The first-order valence-corrected chi connectivity index (χ1v) is 7.42. The lowest BCUT2D eigenvalue weighted by Crippen LogP contribution is -1.97. The summed E-state index contributed by atoms with van der Waals surface area (Å²) in [5, 5.41) is 22.9. The molecule has 0 bridgehead atoms. The van der Waals surface area contributed by atoms with Gasteiger partial charge < -0.3 is 0 Å². The third-order valence-electron chi connectivity index (χ3n) is 2.89. The van der Waals surface area contributed by atoms with E-state index in [4.69, 9.17) is 5.26 Å². The largest absolute Gasteiger partial charge is 0.293 e. The van der Waals surface area contributed by atoms with Crippen LogP contribution in [0, 0.1) is 25.2 Å². The van der Waals surface area contributed by atoms with Crippen molar-refractivity contribution in [3.8, 4) is 21.8 Å². The summed E-state index contributed by atoms with van der Waals surface area (Å²) in [7, 11) is 0. The van der Waals surface area contributed by atoms with Gasteiger partial charge in [0, 0.05) is 27.7 Å². The molecule has 0 unspecified atom stereocenters. The average molecular weight is 286 g/mol. The van der Waals surface area contributed by atoms with E-state index in [2.05, 4.69) is 33.0 Å². The molecule has 3 aromatic heterocycles. The molecule has 0 fully saturated rings. The molecule has 0 saturated heterocycles. The smallest absolute Gasteiger partial charge is 0.217 e. The van der Waals surface area contributed by atoms with Crippen molar-refractivity contribution < 1.29 is 0 Å². The monoisotopic (exact) mass is 286 g/mol. The first-order valence-electron chi connectivity index (χ1n) is 5.66. The van der Waals surface area contributed by atoms with Crippen molar-refractivity contribution >= 4 is 22.7 Å². The van der Waals surface area contributed by atoms with E-state index < -0.39 is 0 Å². The molecule has 94 valence electrons. The minimum Gasteiger partial charge on any atom is -0.293 e. The lowest BCUT2D eigenvalue weighted by molar-refractivity contribution is 0.913. The van der Waals surface area contributed by atoms with Crippen LogP contribution in [0.2, 0.25) is 0 Å². The highest BCUT2D eigenvalue weighted by Gasteiger charge is 2.14. The Kier molecular flexibility index (Phi) is 2.93. The molecule has 4 nitrogen and oxygen atoms in total. The molecular formula is C13H10N4S2. The minimum absolute atomic E-state index is 0.661. The van der Waals surface area contributed by atoms with Gasteiger partial charge in [-0.05, 0) is 26.0 Å². The van der Waals surface area contributed by atoms with Crippen molar-refractivity contribution in [3.63, 3.8) is 0 Å². The van der Waals surface area contributed by atoms with Crippen LogP contribution < -0.4 is 0 Å². The maximum absolute atomic E-state index is 9.06. The molecule has 0 amide bonds. The zero-order valence-electron chi connectivity index (χ0n) is 10.4. The topological polar surface area (TPSA) is 54.5 Å². The Morgan fingerprint density at radius 2 is 1.89 bits per heavy atom. The Bertz CT molecular complexity index is 753. The molecule has 0 N–H and O–H groups in total. The summed E-state index contributed by atoms with van der Waals surface area (Å²) in [5.74, 6) is 0. The van der Waals surface area contributed by atoms with Crippen LogP contribution in [0.1, 0.15) is 17.0 Å². The van der Waals surface area contributed by atoms with Crippen molar-refractivity contribution in [2.45, 2.75) is 13.8 Å². The number of thiophene rings is 1. The molecule has 6 heteroatoms. The van der Waals surface area contributed by atoms with E-state index in [1.54, 1.807) is 0 Å². The predicted octanol–water partition coefficient (Wildman–Crippen LogP) is 3.55. The first kappa shape index (κ1) is 12.1. The number of aromatic nitrogens is 3. The highest BCUT2D eigenvalue weighted by Crippen LogP contribution is 2.31. The molecule has 0 radical (unpaired) electrons. The van der Waals surface area contributed by atoms with E-state index in [1.807, 2.05) is 24.6 Å². The van der Waals surface area contributed by atoms with Gasteiger partial charge in [0.15, 0.2) is 5.01 Å². The van der Waals surface area contributed by atoms with E-state index in [0.29, 0.717) is 5.56 Å². The lowest BCUT2D eigenvalue weighted by atomic mass is 10.2. The Labute approximate surface area is 118 Å². The molecule has 0 atom stereocenters. The van der Waals surface area contributed by atoms with Gasteiger partial charge in [-0.25, -0.2) is 0 Å². The van der Waals surface area contributed by atoms with E-state index in [9.17, 15) is 0 Å². The molecule has 0 aromatic carbocycles. The van der Waals surface area contributed by atoms with Gasteiger partial charge >= 0.3 is 0 Å². The van der Waals surface area contributed by atoms with Gasteiger partial charge in [0.1, 0.15) is 6.07 Å². The summed E-state index contributed by atoms with van der Waals surface area (Å²) in [6.07, 6.45) is 0. The van der Waals surface area contributed by atoms with Crippen LogP contribution in [0.15, 0.2) is 22.9 Å². The molecule has 3 rings (SSSR count). The van der Waals surface area contributed by atoms with Crippen molar-refractivity contribution in [1.29, 1.82) is 5.26 Å². The van der Waals surface area contributed by atoms with Crippen molar-refractivity contribution in [1.82, 2.24) is 14.8 Å². The molecule has 3 heterocycles. The summed E-state index contributed by atoms with van der Waals surface area (Å²) in [5.41, 5.74) is 3.80. The molecule has 0 saturated carbocycles. The Morgan fingerprint density at radius 3 is 2.58 bits per heavy atom. The SMILES string of the molecule is Cc1ccc(C)n1-c1nnc(-c2cscc2C#N)s1. The molecule has 19 heavy (non-hydrogen) atoms. The van der Waals surface area contributed by atoms with Gasteiger partial charge in [0.05, 0.1) is 5.56 Å². The van der Waals surface area contributed by atoms with Crippen LogP contribution in [0.4, 0.5) is 0 Å². The predicted molar refractivity (Wildman–Crippen MR) is 76.7 cm³/mol. The maximum atomic E-state index is 9.06. The molecule has 0 aliphatic carbocycles. The third kappa shape index (κ3) is 1.97. The maximum Gasteiger partial charge on any atom is 0.217 e. The van der Waals surface area contributed by atoms with Crippen molar-refractivity contribution in [2.75, 3.05) is 0 Å². The van der Waals surface area contributed by atoms with Gasteiger partial charge in [0.25, 0.3) is 0 Å². The van der Waals surface area contributed by atoms with E-state index >= 15 is 0 Å². The number of nitriles is 1. The van der Waals surface area contributed by atoms with Gasteiger partial charge in [-0.2, -0.15) is 16.6 Å². The molecule has 0 spiro atoms. The summed E-state index contributed by atoms with van der Waals surface area (Å²) in [6, 6.07) is 6.30. The average Bonchev–Trinajstić information content (AvgIpc) is 3.08. The van der Waals surface area contributed by atoms with E-state index in [-0.39, 0.29) is 0 Å². The van der Waals surface area contributed by atoms with Crippen LogP contribution >= 0.6 is 22.7 Å². The van der Waals surface area contributed by atoms with E-state index in [0.717, 1.165) is 27.1 Å². The van der Waals surface area contributed by atoms with Crippen LogP contribution in [0.5, 0.6) is 0 Å². The summed E-state index contributed by atoms with van der Waals surface area (Å²) in [6.45, 7) is 4.08.